The molecule has 0 radical (unpaired) electrons. The lowest BCUT2D eigenvalue weighted by Gasteiger charge is -2.04. The molecule has 110 valence electrons. The monoisotopic (exact) mass is 310 g/mol. The van der Waals surface area contributed by atoms with Gasteiger partial charge in [-0.1, -0.05) is 0 Å². The number of aromatic carboxylic acids is 1. The van der Waals surface area contributed by atoms with Crippen LogP contribution in [0.5, 0.6) is 0 Å². The van der Waals surface area contributed by atoms with Gasteiger partial charge in [0.1, 0.15) is 5.56 Å². The van der Waals surface area contributed by atoms with Gasteiger partial charge < -0.3 is 5.11 Å². The molecule has 2 N–H and O–H groups in total. The van der Waals surface area contributed by atoms with Gasteiger partial charge in [0, 0.05) is 17.5 Å². The van der Waals surface area contributed by atoms with E-state index in [-0.39, 0.29) is 5.69 Å². The highest BCUT2D eigenvalue weighted by Crippen LogP contribution is 2.29. The van der Waals surface area contributed by atoms with Gasteiger partial charge in [0.15, 0.2) is 5.16 Å². The standard InChI is InChI=1S/C11H10N4O5S/c1-2-14-10(18)12-13-11(14)21-6-3-4-8(15(19)20)7(5-6)9(16)17/h3-5H,2H2,1H3,(H,12,18)(H,16,17). The van der Waals surface area contributed by atoms with Gasteiger partial charge in [-0.05, 0) is 30.8 Å². The molecule has 2 rings (SSSR count). The van der Waals surface area contributed by atoms with Gasteiger partial charge in [0.25, 0.3) is 5.69 Å². The summed E-state index contributed by atoms with van der Waals surface area (Å²) in [6.07, 6.45) is 0. The van der Waals surface area contributed by atoms with Crippen molar-refractivity contribution in [1.82, 2.24) is 14.8 Å². The first kappa shape index (κ1) is 14.8. The number of nitro benzene ring substituents is 1. The van der Waals surface area contributed by atoms with E-state index in [1.54, 1.807) is 6.92 Å². The van der Waals surface area contributed by atoms with Gasteiger partial charge in [-0.2, -0.15) is 0 Å². The molecule has 0 spiro atoms. The Balaban J connectivity index is 2.41. The van der Waals surface area contributed by atoms with Crippen molar-refractivity contribution < 1.29 is 14.8 Å². The number of H-pyrrole nitrogens is 1. The van der Waals surface area contributed by atoms with Crippen molar-refractivity contribution in [2.45, 2.75) is 23.5 Å². The highest BCUT2D eigenvalue weighted by molar-refractivity contribution is 7.99. The summed E-state index contributed by atoms with van der Waals surface area (Å²) < 4.78 is 1.37. The fourth-order valence-corrected chi connectivity index (χ4v) is 2.61. The number of hydrogen-bond donors (Lipinski definition) is 2. The van der Waals surface area contributed by atoms with Gasteiger partial charge >= 0.3 is 11.7 Å². The Hall–Kier alpha value is -2.62. The predicted molar refractivity (Wildman–Crippen MR) is 72.7 cm³/mol. The van der Waals surface area contributed by atoms with Crippen LogP contribution in [-0.2, 0) is 6.54 Å². The first-order valence-corrected chi connectivity index (χ1v) is 6.60. The zero-order chi connectivity index (χ0) is 15.6. The largest absolute Gasteiger partial charge is 0.477 e. The molecule has 0 aliphatic rings. The summed E-state index contributed by atoms with van der Waals surface area (Å²) >= 11 is 1.05. The van der Waals surface area contributed by atoms with Crippen LogP contribution in [0.3, 0.4) is 0 Å². The van der Waals surface area contributed by atoms with E-state index in [9.17, 15) is 19.7 Å². The number of benzene rings is 1. The fraction of sp³-hybridized carbons (Fsp3) is 0.182. The Morgan fingerprint density at radius 3 is 2.86 bits per heavy atom. The number of aromatic amines is 1. The van der Waals surface area contributed by atoms with E-state index >= 15 is 0 Å². The normalized spacial score (nSPS) is 10.5. The van der Waals surface area contributed by atoms with Gasteiger partial charge in [-0.15, -0.1) is 5.10 Å². The van der Waals surface area contributed by atoms with Crippen LogP contribution in [0.15, 0.2) is 33.0 Å². The molecular formula is C11H10N4O5S. The molecule has 0 aliphatic heterocycles. The van der Waals surface area contributed by atoms with Gasteiger partial charge in [-0.25, -0.2) is 14.7 Å². The minimum Gasteiger partial charge on any atom is -0.477 e. The molecule has 0 bridgehead atoms. The van der Waals surface area contributed by atoms with E-state index in [0.29, 0.717) is 16.6 Å². The molecule has 1 aromatic heterocycles. The Morgan fingerprint density at radius 1 is 1.57 bits per heavy atom. The third-order valence-corrected chi connectivity index (χ3v) is 3.63. The van der Waals surface area contributed by atoms with E-state index < -0.39 is 22.1 Å². The van der Waals surface area contributed by atoms with Crippen molar-refractivity contribution in [2.75, 3.05) is 0 Å². The lowest BCUT2D eigenvalue weighted by molar-refractivity contribution is -0.385. The lowest BCUT2D eigenvalue weighted by Crippen LogP contribution is -2.16. The van der Waals surface area contributed by atoms with Gasteiger partial charge in [-0.3, -0.25) is 14.7 Å². The van der Waals surface area contributed by atoms with E-state index in [2.05, 4.69) is 10.2 Å². The number of nitrogens with one attached hydrogen (secondary N) is 1. The third kappa shape index (κ3) is 2.94. The number of carbonyl (C=O) groups is 1. The first-order valence-electron chi connectivity index (χ1n) is 5.78. The van der Waals surface area contributed by atoms with E-state index in [4.69, 9.17) is 5.11 Å². The van der Waals surface area contributed by atoms with Crippen LogP contribution in [0.25, 0.3) is 0 Å². The van der Waals surface area contributed by atoms with Crippen LogP contribution in [0.2, 0.25) is 0 Å². The van der Waals surface area contributed by atoms with E-state index in [1.807, 2.05) is 0 Å². The number of rotatable bonds is 5. The summed E-state index contributed by atoms with van der Waals surface area (Å²) in [5, 5.41) is 26.3. The number of hydrogen-bond acceptors (Lipinski definition) is 6. The SMILES string of the molecule is CCn1c(Sc2ccc([N+](=O)[O-])c(C(=O)O)c2)n[nH]c1=O. The summed E-state index contributed by atoms with van der Waals surface area (Å²) in [6.45, 7) is 2.16. The molecule has 1 aromatic carbocycles. The molecule has 0 atom stereocenters. The van der Waals surface area contributed by atoms with Crippen molar-refractivity contribution in [2.24, 2.45) is 0 Å². The number of nitrogens with zero attached hydrogens (tertiary/aromatic N) is 3. The highest BCUT2D eigenvalue weighted by Gasteiger charge is 2.21. The molecule has 1 heterocycles. The molecule has 9 nitrogen and oxygen atoms in total. The lowest BCUT2D eigenvalue weighted by atomic mass is 10.2. The van der Waals surface area contributed by atoms with Crippen LogP contribution in [0, 0.1) is 10.1 Å². The maximum atomic E-state index is 11.4. The average molecular weight is 310 g/mol. The molecule has 2 aromatic rings. The Kier molecular flexibility index (Phi) is 4.08. The molecule has 0 fully saturated rings. The molecule has 0 saturated heterocycles. The minimum atomic E-state index is -1.39. The van der Waals surface area contributed by atoms with Crippen molar-refractivity contribution in [1.29, 1.82) is 0 Å². The topological polar surface area (TPSA) is 131 Å². The van der Waals surface area contributed by atoms with Crippen molar-refractivity contribution in [3.05, 3.63) is 44.4 Å². The Bertz CT molecular complexity index is 766. The average Bonchev–Trinajstić information content (AvgIpc) is 2.78. The molecule has 0 amide bonds. The van der Waals surface area contributed by atoms with Gasteiger partial charge in [0.05, 0.1) is 4.92 Å². The molecule has 0 unspecified atom stereocenters. The maximum absolute atomic E-state index is 11.4. The molecule has 0 aliphatic carbocycles. The van der Waals surface area contributed by atoms with Crippen molar-refractivity contribution in [3.63, 3.8) is 0 Å². The van der Waals surface area contributed by atoms with Crippen LogP contribution < -0.4 is 5.69 Å². The molecular weight excluding hydrogens is 300 g/mol. The first-order chi connectivity index (χ1) is 9.93. The van der Waals surface area contributed by atoms with Crippen LogP contribution in [-0.4, -0.2) is 30.8 Å². The zero-order valence-electron chi connectivity index (χ0n) is 10.8. The quantitative estimate of drug-likeness (QED) is 0.629. The number of carboxylic acid groups (broad SMARTS) is 1. The smallest absolute Gasteiger partial charge is 0.343 e. The zero-order valence-corrected chi connectivity index (χ0v) is 11.6. The van der Waals surface area contributed by atoms with E-state index in [1.165, 1.54) is 16.7 Å². The predicted octanol–water partition coefficient (Wildman–Crippen LogP) is 1.35. The summed E-state index contributed by atoms with van der Waals surface area (Å²) in [5.74, 6) is -1.39. The third-order valence-electron chi connectivity index (χ3n) is 2.64. The van der Waals surface area contributed by atoms with Crippen LogP contribution >= 0.6 is 11.8 Å². The van der Waals surface area contributed by atoms with Crippen molar-refractivity contribution in [3.8, 4) is 0 Å². The second kappa shape index (κ2) is 5.79. The number of nitro groups is 1. The summed E-state index contributed by atoms with van der Waals surface area (Å²) in [5.41, 5.74) is -1.27. The van der Waals surface area contributed by atoms with Crippen LogP contribution in [0.1, 0.15) is 17.3 Å². The summed E-state index contributed by atoms with van der Waals surface area (Å²) in [7, 11) is 0. The molecule has 0 saturated carbocycles. The van der Waals surface area contributed by atoms with E-state index in [0.717, 1.165) is 17.8 Å². The second-order valence-electron chi connectivity index (χ2n) is 3.90. The summed E-state index contributed by atoms with van der Waals surface area (Å²) in [4.78, 5) is 32.9. The number of carboxylic acids is 1. The fourth-order valence-electron chi connectivity index (χ4n) is 1.67. The maximum Gasteiger partial charge on any atom is 0.343 e. The second-order valence-corrected chi connectivity index (χ2v) is 4.94. The Morgan fingerprint density at radius 2 is 2.29 bits per heavy atom. The summed E-state index contributed by atoms with van der Waals surface area (Å²) in [6, 6.07) is 3.71. The molecule has 10 heteroatoms. The number of aromatic nitrogens is 3. The molecule has 21 heavy (non-hydrogen) atoms. The van der Waals surface area contributed by atoms with Crippen LogP contribution in [0.4, 0.5) is 5.69 Å². The van der Waals surface area contributed by atoms with Crippen molar-refractivity contribution >= 4 is 23.4 Å². The highest BCUT2D eigenvalue weighted by atomic mass is 32.2. The Labute approximate surface area is 121 Å². The van der Waals surface area contributed by atoms with Gasteiger partial charge in [0.2, 0.25) is 0 Å². The minimum absolute atomic E-state index is 0.354.